The van der Waals surface area contributed by atoms with E-state index in [-0.39, 0.29) is 11.8 Å². The summed E-state index contributed by atoms with van der Waals surface area (Å²) in [6.45, 7) is 4.70. The van der Waals surface area contributed by atoms with Gasteiger partial charge in [-0.05, 0) is 37.2 Å². The zero-order valence-electron chi connectivity index (χ0n) is 11.9. The van der Waals surface area contributed by atoms with Crippen LogP contribution in [-0.2, 0) is 6.42 Å². The van der Waals surface area contributed by atoms with Crippen LogP contribution in [0.15, 0.2) is 18.2 Å². The SMILES string of the molecule is CCc1cc(C(=O)C2CN(C)CCN2)ccc1OC. The van der Waals surface area contributed by atoms with E-state index in [9.17, 15) is 4.79 Å². The van der Waals surface area contributed by atoms with Crippen LogP contribution in [0.4, 0.5) is 0 Å². The number of benzene rings is 1. The van der Waals surface area contributed by atoms with Gasteiger partial charge >= 0.3 is 0 Å². The summed E-state index contributed by atoms with van der Waals surface area (Å²) in [6, 6.07) is 5.60. The lowest BCUT2D eigenvalue weighted by molar-refractivity contribution is 0.0894. The summed E-state index contributed by atoms with van der Waals surface area (Å²) >= 11 is 0. The molecular weight excluding hydrogens is 240 g/mol. The molecule has 1 aliphatic heterocycles. The highest BCUT2D eigenvalue weighted by molar-refractivity contribution is 6.00. The van der Waals surface area contributed by atoms with Gasteiger partial charge in [0.15, 0.2) is 5.78 Å². The summed E-state index contributed by atoms with van der Waals surface area (Å²) in [4.78, 5) is 14.7. The van der Waals surface area contributed by atoms with E-state index < -0.39 is 0 Å². The molecule has 1 aromatic rings. The van der Waals surface area contributed by atoms with Gasteiger partial charge in [-0.3, -0.25) is 4.79 Å². The molecule has 0 spiro atoms. The fraction of sp³-hybridized carbons (Fsp3) is 0.533. The molecule has 1 aliphatic rings. The zero-order valence-corrected chi connectivity index (χ0v) is 11.9. The summed E-state index contributed by atoms with van der Waals surface area (Å²) < 4.78 is 5.30. The zero-order chi connectivity index (χ0) is 13.8. The summed E-state index contributed by atoms with van der Waals surface area (Å²) in [7, 11) is 3.71. The number of carbonyl (C=O) groups excluding carboxylic acids is 1. The molecular formula is C15H22N2O2. The van der Waals surface area contributed by atoms with E-state index >= 15 is 0 Å². The summed E-state index contributed by atoms with van der Waals surface area (Å²) in [5.74, 6) is 1.02. The highest BCUT2D eigenvalue weighted by Gasteiger charge is 2.24. The van der Waals surface area contributed by atoms with Crippen molar-refractivity contribution < 1.29 is 9.53 Å². The summed E-state index contributed by atoms with van der Waals surface area (Å²) in [6.07, 6.45) is 0.863. The van der Waals surface area contributed by atoms with Gasteiger partial charge < -0.3 is 15.0 Å². The van der Waals surface area contributed by atoms with E-state index in [2.05, 4.69) is 17.1 Å². The van der Waals surface area contributed by atoms with Gasteiger partial charge in [0.05, 0.1) is 13.2 Å². The van der Waals surface area contributed by atoms with Gasteiger partial charge in [0, 0.05) is 25.2 Å². The molecule has 1 aromatic carbocycles. The molecule has 1 atom stereocenters. The molecule has 0 radical (unpaired) electrons. The Balaban J connectivity index is 2.19. The lowest BCUT2D eigenvalue weighted by Gasteiger charge is -2.30. The number of ketones is 1. The highest BCUT2D eigenvalue weighted by atomic mass is 16.5. The third-order valence-corrected chi connectivity index (χ3v) is 3.64. The second kappa shape index (κ2) is 6.17. The van der Waals surface area contributed by atoms with E-state index in [1.165, 1.54) is 0 Å². The molecule has 0 bridgehead atoms. The first-order chi connectivity index (χ1) is 9.15. The first-order valence-electron chi connectivity index (χ1n) is 6.78. The third-order valence-electron chi connectivity index (χ3n) is 3.64. The topological polar surface area (TPSA) is 41.6 Å². The lowest BCUT2D eigenvalue weighted by Crippen LogP contribution is -2.52. The maximum absolute atomic E-state index is 12.5. The van der Waals surface area contributed by atoms with Gasteiger partial charge in [0.25, 0.3) is 0 Å². The number of ether oxygens (including phenoxy) is 1. The van der Waals surface area contributed by atoms with E-state index in [4.69, 9.17) is 4.74 Å². The largest absolute Gasteiger partial charge is 0.496 e. The molecule has 1 unspecified atom stereocenters. The van der Waals surface area contributed by atoms with Crippen molar-refractivity contribution in [2.24, 2.45) is 0 Å². The van der Waals surface area contributed by atoms with Crippen molar-refractivity contribution in [2.45, 2.75) is 19.4 Å². The fourth-order valence-electron chi connectivity index (χ4n) is 2.48. The number of nitrogens with one attached hydrogen (secondary N) is 1. The number of Topliss-reactive ketones (excluding diaryl/α,β-unsaturated/α-hetero) is 1. The second-order valence-electron chi connectivity index (χ2n) is 5.01. The smallest absolute Gasteiger partial charge is 0.181 e. The monoisotopic (exact) mass is 262 g/mol. The van der Waals surface area contributed by atoms with Crippen LogP contribution < -0.4 is 10.1 Å². The molecule has 0 amide bonds. The first kappa shape index (κ1) is 14.0. The minimum absolute atomic E-state index is 0.100. The Morgan fingerprint density at radius 1 is 1.53 bits per heavy atom. The average molecular weight is 262 g/mol. The van der Waals surface area contributed by atoms with Gasteiger partial charge in [0.2, 0.25) is 0 Å². The van der Waals surface area contributed by atoms with Crippen LogP contribution in [0.5, 0.6) is 5.75 Å². The van der Waals surface area contributed by atoms with Gasteiger partial charge in [-0.2, -0.15) is 0 Å². The number of methoxy groups -OCH3 is 1. The Bertz CT molecular complexity index is 459. The Morgan fingerprint density at radius 3 is 2.95 bits per heavy atom. The molecule has 0 saturated carbocycles. The molecule has 0 aromatic heterocycles. The van der Waals surface area contributed by atoms with E-state index in [0.717, 1.165) is 42.9 Å². The van der Waals surface area contributed by atoms with Crippen molar-refractivity contribution in [1.82, 2.24) is 10.2 Å². The lowest BCUT2D eigenvalue weighted by atomic mass is 9.99. The molecule has 1 fully saturated rings. The van der Waals surface area contributed by atoms with Crippen LogP contribution in [-0.4, -0.2) is 50.5 Å². The maximum atomic E-state index is 12.5. The quantitative estimate of drug-likeness (QED) is 0.832. The van der Waals surface area contributed by atoms with E-state index in [0.29, 0.717) is 0 Å². The third kappa shape index (κ3) is 3.14. The van der Waals surface area contributed by atoms with E-state index in [1.54, 1.807) is 7.11 Å². The molecule has 1 heterocycles. The first-order valence-corrected chi connectivity index (χ1v) is 6.78. The number of hydrogen-bond donors (Lipinski definition) is 1. The molecule has 0 aliphatic carbocycles. The molecule has 104 valence electrons. The molecule has 4 nitrogen and oxygen atoms in total. The Labute approximate surface area is 114 Å². The van der Waals surface area contributed by atoms with Crippen LogP contribution in [0.25, 0.3) is 0 Å². The van der Waals surface area contributed by atoms with Gasteiger partial charge in [-0.25, -0.2) is 0 Å². The molecule has 2 rings (SSSR count). The Hall–Kier alpha value is -1.39. The van der Waals surface area contributed by atoms with E-state index in [1.807, 2.05) is 25.2 Å². The van der Waals surface area contributed by atoms with Gasteiger partial charge in [0.1, 0.15) is 5.75 Å². The number of hydrogen-bond acceptors (Lipinski definition) is 4. The minimum Gasteiger partial charge on any atom is -0.496 e. The van der Waals surface area contributed by atoms with Crippen LogP contribution in [0, 0.1) is 0 Å². The standard InChI is InChI=1S/C15H22N2O2/c1-4-11-9-12(5-6-14(11)19-3)15(18)13-10-17(2)8-7-16-13/h5-6,9,13,16H,4,7-8,10H2,1-3H3. The average Bonchev–Trinajstić information content (AvgIpc) is 2.45. The maximum Gasteiger partial charge on any atom is 0.181 e. The second-order valence-corrected chi connectivity index (χ2v) is 5.01. The van der Waals surface area contributed by atoms with Crippen molar-refractivity contribution >= 4 is 5.78 Å². The highest BCUT2D eigenvalue weighted by Crippen LogP contribution is 2.21. The number of likely N-dealkylation sites (N-methyl/N-ethyl adjacent to an activating group) is 1. The number of carbonyl (C=O) groups is 1. The summed E-state index contributed by atoms with van der Waals surface area (Å²) in [5.41, 5.74) is 1.85. The van der Waals surface area contributed by atoms with Crippen LogP contribution in [0.1, 0.15) is 22.8 Å². The van der Waals surface area contributed by atoms with Crippen molar-refractivity contribution in [3.63, 3.8) is 0 Å². The van der Waals surface area contributed by atoms with Crippen molar-refractivity contribution in [3.8, 4) is 5.75 Å². The van der Waals surface area contributed by atoms with Crippen molar-refractivity contribution in [1.29, 1.82) is 0 Å². The normalized spacial score (nSPS) is 20.3. The number of nitrogens with zero attached hydrogens (tertiary/aromatic N) is 1. The molecule has 4 heteroatoms. The van der Waals surface area contributed by atoms with Crippen molar-refractivity contribution in [3.05, 3.63) is 29.3 Å². The molecule has 1 saturated heterocycles. The fourth-order valence-corrected chi connectivity index (χ4v) is 2.48. The van der Waals surface area contributed by atoms with Crippen LogP contribution in [0.3, 0.4) is 0 Å². The predicted molar refractivity (Wildman–Crippen MR) is 76.0 cm³/mol. The minimum atomic E-state index is -0.100. The number of aryl methyl sites for hydroxylation is 1. The van der Waals surface area contributed by atoms with Crippen molar-refractivity contribution in [2.75, 3.05) is 33.8 Å². The molecule has 19 heavy (non-hydrogen) atoms. The Kier molecular flexibility index (Phi) is 4.56. The van der Waals surface area contributed by atoms with Gasteiger partial charge in [-0.15, -0.1) is 0 Å². The number of piperazine rings is 1. The number of rotatable bonds is 4. The van der Waals surface area contributed by atoms with Crippen LogP contribution >= 0.6 is 0 Å². The van der Waals surface area contributed by atoms with Crippen LogP contribution in [0.2, 0.25) is 0 Å². The van der Waals surface area contributed by atoms with Gasteiger partial charge in [-0.1, -0.05) is 6.92 Å². The summed E-state index contributed by atoms with van der Waals surface area (Å²) in [5, 5.41) is 3.29. The molecule has 1 N–H and O–H groups in total. The Morgan fingerprint density at radius 2 is 2.32 bits per heavy atom. The predicted octanol–water partition coefficient (Wildman–Crippen LogP) is 1.34.